The van der Waals surface area contributed by atoms with Crippen LogP contribution in [0.25, 0.3) is 0 Å². The molecule has 0 radical (unpaired) electrons. The van der Waals surface area contributed by atoms with E-state index in [0.717, 1.165) is 9.87 Å². The lowest BCUT2D eigenvalue weighted by molar-refractivity contribution is -0.114. The molecule has 3 aromatic carbocycles. The first-order valence-corrected chi connectivity index (χ1v) is 10.9. The SMILES string of the molecule is Cc1ccc(S(=O)(=O)N(CC(=O)Nc2ccc(F)cc2)c2cc(Cl)ccc2C)cc1. The highest BCUT2D eigenvalue weighted by molar-refractivity contribution is 7.92. The second-order valence-electron chi connectivity index (χ2n) is 6.81. The lowest BCUT2D eigenvalue weighted by atomic mass is 10.2. The third kappa shape index (κ3) is 4.98. The van der Waals surface area contributed by atoms with Crippen molar-refractivity contribution in [3.8, 4) is 0 Å². The maximum atomic E-state index is 13.4. The molecule has 0 fully saturated rings. The Balaban J connectivity index is 1.99. The number of aryl methyl sites for hydroxylation is 2. The fourth-order valence-electron chi connectivity index (χ4n) is 2.85. The fourth-order valence-corrected chi connectivity index (χ4v) is 4.50. The molecular formula is C22H20ClFN2O3S. The van der Waals surface area contributed by atoms with Crippen molar-refractivity contribution in [2.45, 2.75) is 18.7 Å². The van der Waals surface area contributed by atoms with Crippen LogP contribution in [0.15, 0.2) is 71.6 Å². The Kier molecular flexibility index (Phi) is 6.43. The van der Waals surface area contributed by atoms with Gasteiger partial charge in [0.2, 0.25) is 5.91 Å². The van der Waals surface area contributed by atoms with E-state index in [0.29, 0.717) is 22.0 Å². The molecule has 30 heavy (non-hydrogen) atoms. The first-order chi connectivity index (χ1) is 14.2. The Morgan fingerprint density at radius 2 is 1.63 bits per heavy atom. The summed E-state index contributed by atoms with van der Waals surface area (Å²) in [6, 6.07) is 16.4. The molecule has 0 saturated heterocycles. The summed E-state index contributed by atoms with van der Waals surface area (Å²) in [6.45, 7) is 3.11. The van der Waals surface area contributed by atoms with E-state index >= 15 is 0 Å². The van der Waals surface area contributed by atoms with Crippen molar-refractivity contribution in [2.75, 3.05) is 16.2 Å². The van der Waals surface area contributed by atoms with Crippen molar-refractivity contribution >= 4 is 38.9 Å². The normalized spacial score (nSPS) is 11.2. The Hall–Kier alpha value is -2.90. The number of hydrogen-bond acceptors (Lipinski definition) is 3. The number of rotatable bonds is 6. The lowest BCUT2D eigenvalue weighted by Crippen LogP contribution is -2.38. The van der Waals surface area contributed by atoms with Gasteiger partial charge in [0.05, 0.1) is 10.6 Å². The molecule has 0 bridgehead atoms. The highest BCUT2D eigenvalue weighted by Crippen LogP contribution is 2.29. The van der Waals surface area contributed by atoms with Gasteiger partial charge in [0.15, 0.2) is 0 Å². The minimum Gasteiger partial charge on any atom is -0.325 e. The van der Waals surface area contributed by atoms with E-state index in [2.05, 4.69) is 5.32 Å². The molecule has 0 aromatic heterocycles. The van der Waals surface area contributed by atoms with Crippen molar-refractivity contribution in [2.24, 2.45) is 0 Å². The molecule has 0 spiro atoms. The molecule has 3 aromatic rings. The average molecular weight is 447 g/mol. The molecule has 0 atom stereocenters. The largest absolute Gasteiger partial charge is 0.325 e. The van der Waals surface area contributed by atoms with Crippen LogP contribution in [-0.4, -0.2) is 20.9 Å². The highest BCUT2D eigenvalue weighted by Gasteiger charge is 2.28. The summed E-state index contributed by atoms with van der Waals surface area (Å²) in [7, 11) is -4.05. The molecule has 0 aliphatic carbocycles. The Morgan fingerprint density at radius 1 is 1.00 bits per heavy atom. The van der Waals surface area contributed by atoms with Crippen LogP contribution in [-0.2, 0) is 14.8 Å². The number of amides is 1. The van der Waals surface area contributed by atoms with Crippen LogP contribution in [0.3, 0.4) is 0 Å². The van der Waals surface area contributed by atoms with Gasteiger partial charge in [-0.2, -0.15) is 0 Å². The number of nitrogens with one attached hydrogen (secondary N) is 1. The number of carbonyl (C=O) groups is 1. The second-order valence-corrected chi connectivity index (χ2v) is 9.11. The molecule has 1 amide bonds. The molecule has 3 rings (SSSR count). The quantitative estimate of drug-likeness (QED) is 0.583. The summed E-state index contributed by atoms with van der Waals surface area (Å²) in [5.74, 6) is -1.01. The molecule has 156 valence electrons. The van der Waals surface area contributed by atoms with E-state index in [1.807, 2.05) is 6.92 Å². The van der Waals surface area contributed by atoms with Gasteiger partial charge in [0, 0.05) is 10.7 Å². The van der Waals surface area contributed by atoms with E-state index in [1.54, 1.807) is 31.2 Å². The van der Waals surface area contributed by atoms with Gasteiger partial charge in [-0.05, 0) is 67.9 Å². The van der Waals surface area contributed by atoms with Gasteiger partial charge >= 0.3 is 0 Å². The average Bonchev–Trinajstić information content (AvgIpc) is 2.70. The highest BCUT2D eigenvalue weighted by atomic mass is 35.5. The van der Waals surface area contributed by atoms with Crippen LogP contribution in [0, 0.1) is 19.7 Å². The molecule has 0 aliphatic heterocycles. The summed E-state index contributed by atoms with van der Waals surface area (Å²) >= 11 is 6.10. The number of anilines is 2. The molecule has 1 N–H and O–H groups in total. The van der Waals surface area contributed by atoms with Crippen molar-refractivity contribution < 1.29 is 17.6 Å². The van der Waals surface area contributed by atoms with Crippen molar-refractivity contribution in [3.63, 3.8) is 0 Å². The first-order valence-electron chi connectivity index (χ1n) is 9.08. The van der Waals surface area contributed by atoms with Crippen molar-refractivity contribution in [1.29, 1.82) is 0 Å². The molecule has 5 nitrogen and oxygen atoms in total. The number of benzene rings is 3. The number of carbonyl (C=O) groups excluding carboxylic acids is 1. The van der Waals surface area contributed by atoms with E-state index in [1.165, 1.54) is 42.5 Å². The molecule has 0 aliphatic rings. The standard InChI is InChI=1S/C22H20ClFN2O3S/c1-15-3-11-20(12-4-15)30(28,29)26(21-13-17(23)6-5-16(21)2)14-22(27)25-19-9-7-18(24)8-10-19/h3-13H,14H2,1-2H3,(H,25,27). The maximum absolute atomic E-state index is 13.4. The number of hydrogen-bond donors (Lipinski definition) is 1. The Labute approximate surface area is 180 Å². The van der Waals surface area contributed by atoms with Crippen LogP contribution in [0.4, 0.5) is 15.8 Å². The minimum absolute atomic E-state index is 0.0575. The van der Waals surface area contributed by atoms with E-state index < -0.39 is 28.3 Å². The molecule has 0 unspecified atom stereocenters. The zero-order valence-corrected chi connectivity index (χ0v) is 18.0. The third-order valence-corrected chi connectivity index (χ3v) is 6.47. The fraction of sp³-hybridized carbons (Fsp3) is 0.136. The van der Waals surface area contributed by atoms with Crippen LogP contribution >= 0.6 is 11.6 Å². The lowest BCUT2D eigenvalue weighted by Gasteiger charge is -2.26. The molecule has 8 heteroatoms. The van der Waals surface area contributed by atoms with Gasteiger partial charge in [-0.3, -0.25) is 9.10 Å². The monoisotopic (exact) mass is 446 g/mol. The van der Waals surface area contributed by atoms with Gasteiger partial charge in [-0.15, -0.1) is 0 Å². The second kappa shape index (κ2) is 8.85. The van der Waals surface area contributed by atoms with Crippen molar-refractivity contribution in [3.05, 3.63) is 88.7 Å². The van der Waals surface area contributed by atoms with Crippen LogP contribution < -0.4 is 9.62 Å². The summed E-state index contributed by atoms with van der Waals surface area (Å²) in [4.78, 5) is 12.7. The summed E-state index contributed by atoms with van der Waals surface area (Å²) < 4.78 is 40.9. The number of nitrogens with zero attached hydrogens (tertiary/aromatic N) is 1. The summed E-state index contributed by atoms with van der Waals surface area (Å²) in [5, 5.41) is 2.94. The van der Waals surface area contributed by atoms with Gasteiger partial charge in [-0.25, -0.2) is 12.8 Å². The Morgan fingerprint density at radius 3 is 2.27 bits per heavy atom. The third-order valence-electron chi connectivity index (χ3n) is 4.46. The summed E-state index contributed by atoms with van der Waals surface area (Å²) in [5.41, 5.74) is 2.22. The van der Waals surface area contributed by atoms with E-state index in [-0.39, 0.29) is 4.90 Å². The van der Waals surface area contributed by atoms with E-state index in [9.17, 15) is 17.6 Å². The smallest absolute Gasteiger partial charge is 0.264 e. The van der Waals surface area contributed by atoms with Crippen LogP contribution in [0.2, 0.25) is 5.02 Å². The zero-order valence-electron chi connectivity index (χ0n) is 16.4. The van der Waals surface area contributed by atoms with Crippen molar-refractivity contribution in [1.82, 2.24) is 0 Å². The molecular weight excluding hydrogens is 427 g/mol. The maximum Gasteiger partial charge on any atom is 0.264 e. The van der Waals surface area contributed by atoms with Crippen LogP contribution in [0.1, 0.15) is 11.1 Å². The molecule has 0 saturated carbocycles. The van der Waals surface area contributed by atoms with Gasteiger partial charge in [0.1, 0.15) is 12.4 Å². The van der Waals surface area contributed by atoms with Gasteiger partial charge in [0.25, 0.3) is 10.0 Å². The predicted octanol–water partition coefficient (Wildman–Crippen LogP) is 4.93. The first kappa shape index (κ1) is 21.8. The van der Waals surface area contributed by atoms with Crippen LogP contribution in [0.5, 0.6) is 0 Å². The van der Waals surface area contributed by atoms with E-state index in [4.69, 9.17) is 11.6 Å². The molecule has 0 heterocycles. The number of sulfonamides is 1. The minimum atomic E-state index is -4.05. The van der Waals surface area contributed by atoms with Gasteiger partial charge in [-0.1, -0.05) is 35.4 Å². The Bertz CT molecular complexity index is 1160. The topological polar surface area (TPSA) is 66.5 Å². The number of halogens is 2. The predicted molar refractivity (Wildman–Crippen MR) is 117 cm³/mol. The zero-order chi connectivity index (χ0) is 21.9. The summed E-state index contributed by atoms with van der Waals surface area (Å²) in [6.07, 6.45) is 0. The van der Waals surface area contributed by atoms with Gasteiger partial charge < -0.3 is 5.32 Å².